The average molecular weight is 478 g/mol. The van der Waals surface area contributed by atoms with Crippen LogP contribution in [-0.2, 0) is 9.47 Å². The Balaban J connectivity index is 1.28. The zero-order chi connectivity index (χ0) is 24.9. The molecule has 3 aromatic carbocycles. The molecule has 8 nitrogen and oxygen atoms in total. The summed E-state index contributed by atoms with van der Waals surface area (Å²) < 4.78 is 10.0. The van der Waals surface area contributed by atoms with E-state index in [-0.39, 0.29) is 42.4 Å². The number of carbonyl (C=O) groups is 2. The molecule has 0 radical (unpaired) electrons. The summed E-state index contributed by atoms with van der Waals surface area (Å²) in [7, 11) is 1.22. The number of aliphatic hydroxyl groups excluding tert-OH is 2. The molecule has 0 heterocycles. The Labute approximate surface area is 202 Å². The lowest BCUT2D eigenvalue weighted by molar-refractivity contribution is 0.0123. The fourth-order valence-corrected chi connectivity index (χ4v) is 4.38. The maximum atomic E-state index is 12.3. The van der Waals surface area contributed by atoms with Crippen molar-refractivity contribution in [3.05, 3.63) is 89.0 Å². The zero-order valence-electron chi connectivity index (χ0n) is 19.2. The molecule has 1 amide bonds. The molecule has 0 bridgehead atoms. The van der Waals surface area contributed by atoms with Gasteiger partial charge in [0.1, 0.15) is 18.5 Å². The van der Waals surface area contributed by atoms with E-state index in [2.05, 4.69) is 22.2 Å². The molecule has 1 aliphatic rings. The minimum Gasteiger partial charge on any atom is -0.508 e. The number of benzene rings is 3. The number of methoxy groups -OCH3 is 1. The molecule has 4 rings (SSSR count). The van der Waals surface area contributed by atoms with E-state index in [1.165, 1.54) is 19.2 Å². The predicted molar refractivity (Wildman–Crippen MR) is 128 cm³/mol. The van der Waals surface area contributed by atoms with Gasteiger partial charge in [0.15, 0.2) is 0 Å². The second-order valence-corrected chi connectivity index (χ2v) is 8.32. The first-order valence-corrected chi connectivity index (χ1v) is 11.3. The van der Waals surface area contributed by atoms with E-state index in [4.69, 9.17) is 4.74 Å². The normalized spacial score (nSPS) is 13.9. The quantitative estimate of drug-likeness (QED) is 0.366. The summed E-state index contributed by atoms with van der Waals surface area (Å²) in [6.45, 7) is 0.224. The molecule has 3 aromatic rings. The zero-order valence-corrected chi connectivity index (χ0v) is 19.2. The number of fused-ring (bicyclic) bond motifs is 3. The van der Waals surface area contributed by atoms with Gasteiger partial charge >= 0.3 is 12.1 Å². The second kappa shape index (κ2) is 10.6. The van der Waals surface area contributed by atoms with Crippen LogP contribution in [0, 0.1) is 0 Å². The van der Waals surface area contributed by atoms with Crippen molar-refractivity contribution >= 4 is 12.1 Å². The summed E-state index contributed by atoms with van der Waals surface area (Å²) in [5.74, 6) is -1.03. The highest BCUT2D eigenvalue weighted by Crippen LogP contribution is 2.44. The lowest BCUT2D eigenvalue weighted by Crippen LogP contribution is -2.30. The molecule has 182 valence electrons. The summed E-state index contributed by atoms with van der Waals surface area (Å²) in [6.07, 6.45) is -3.28. The van der Waals surface area contributed by atoms with Crippen molar-refractivity contribution < 1.29 is 34.4 Å². The Hall–Kier alpha value is -3.88. The van der Waals surface area contributed by atoms with Gasteiger partial charge in [0.25, 0.3) is 0 Å². The highest BCUT2D eigenvalue weighted by Gasteiger charge is 2.29. The molecule has 0 saturated carbocycles. The number of aliphatic hydroxyl groups is 2. The van der Waals surface area contributed by atoms with Gasteiger partial charge in [0.05, 0.1) is 18.8 Å². The molecule has 2 atom stereocenters. The molecular weight excluding hydrogens is 450 g/mol. The summed E-state index contributed by atoms with van der Waals surface area (Å²) in [6, 6.07) is 20.0. The van der Waals surface area contributed by atoms with E-state index >= 15 is 0 Å². The van der Waals surface area contributed by atoms with Gasteiger partial charge < -0.3 is 30.1 Å². The van der Waals surface area contributed by atoms with Gasteiger partial charge in [-0.25, -0.2) is 9.59 Å². The van der Waals surface area contributed by atoms with Crippen molar-refractivity contribution in [2.24, 2.45) is 0 Å². The molecule has 0 fully saturated rings. The molecule has 1 aliphatic carbocycles. The van der Waals surface area contributed by atoms with Gasteiger partial charge in [-0.1, -0.05) is 54.6 Å². The Kier molecular flexibility index (Phi) is 7.33. The molecule has 0 spiro atoms. The topological polar surface area (TPSA) is 125 Å². The van der Waals surface area contributed by atoms with Crippen molar-refractivity contribution in [3.63, 3.8) is 0 Å². The van der Waals surface area contributed by atoms with E-state index in [1.807, 2.05) is 36.4 Å². The van der Waals surface area contributed by atoms with E-state index in [1.54, 1.807) is 0 Å². The molecule has 0 saturated heterocycles. The first-order chi connectivity index (χ1) is 16.9. The number of ether oxygens (including phenoxy) is 2. The van der Waals surface area contributed by atoms with Gasteiger partial charge in [0, 0.05) is 18.0 Å². The van der Waals surface area contributed by atoms with Gasteiger partial charge in [-0.15, -0.1) is 0 Å². The van der Waals surface area contributed by atoms with Crippen LogP contribution in [0.3, 0.4) is 0 Å². The molecule has 0 aromatic heterocycles. The van der Waals surface area contributed by atoms with E-state index in [9.17, 15) is 24.9 Å². The van der Waals surface area contributed by atoms with Gasteiger partial charge in [0.2, 0.25) is 0 Å². The van der Waals surface area contributed by atoms with Crippen LogP contribution in [0.15, 0.2) is 66.7 Å². The number of hydrogen-bond donors (Lipinski definition) is 4. The third kappa shape index (κ3) is 5.13. The second-order valence-electron chi connectivity index (χ2n) is 8.32. The fraction of sp³-hybridized carbons (Fsp3) is 0.259. The summed E-state index contributed by atoms with van der Waals surface area (Å²) in [5.41, 5.74) is 4.67. The van der Waals surface area contributed by atoms with Crippen LogP contribution in [-0.4, -0.2) is 53.7 Å². The highest BCUT2D eigenvalue weighted by atomic mass is 16.5. The molecule has 2 unspecified atom stereocenters. The summed E-state index contributed by atoms with van der Waals surface area (Å²) in [5, 5.41) is 33.4. The molecular formula is C27H27NO7. The van der Waals surface area contributed by atoms with Crippen molar-refractivity contribution in [2.75, 3.05) is 20.3 Å². The van der Waals surface area contributed by atoms with Crippen molar-refractivity contribution in [1.29, 1.82) is 0 Å². The number of nitrogens with one attached hydrogen (secondary N) is 1. The Morgan fingerprint density at radius 3 is 2.20 bits per heavy atom. The largest absolute Gasteiger partial charge is 0.508 e. The first kappa shape index (κ1) is 24.3. The SMILES string of the molecule is COC(=O)c1ccc(C(O)C(O)CCNC(=O)OCC2c3ccccc3-c3ccccc32)c(O)c1. The molecule has 35 heavy (non-hydrogen) atoms. The monoisotopic (exact) mass is 477 g/mol. The van der Waals surface area contributed by atoms with Crippen molar-refractivity contribution in [1.82, 2.24) is 5.32 Å². The van der Waals surface area contributed by atoms with Crippen LogP contribution in [0.2, 0.25) is 0 Å². The van der Waals surface area contributed by atoms with E-state index in [0.29, 0.717) is 0 Å². The lowest BCUT2D eigenvalue weighted by Gasteiger charge is -2.20. The number of carbonyl (C=O) groups excluding carboxylic acids is 2. The Morgan fingerprint density at radius 2 is 1.60 bits per heavy atom. The number of alkyl carbamates (subject to hydrolysis) is 1. The average Bonchev–Trinajstić information content (AvgIpc) is 3.20. The van der Waals surface area contributed by atoms with Crippen LogP contribution in [0.1, 0.15) is 45.5 Å². The van der Waals surface area contributed by atoms with Gasteiger partial charge in [-0.2, -0.15) is 0 Å². The maximum absolute atomic E-state index is 12.3. The third-order valence-corrected chi connectivity index (χ3v) is 6.19. The van der Waals surface area contributed by atoms with Crippen molar-refractivity contribution in [3.8, 4) is 16.9 Å². The van der Waals surface area contributed by atoms with Crippen LogP contribution in [0.4, 0.5) is 4.79 Å². The minimum absolute atomic E-state index is 0.0174. The maximum Gasteiger partial charge on any atom is 0.407 e. The standard InChI is InChI=1S/C27H27NO7/c1-34-26(32)16-10-11-21(24(30)14-16)25(31)23(29)12-13-28-27(33)35-15-22-19-8-4-2-6-17(19)18-7-3-5-9-20(18)22/h2-11,14,22-23,25,29-31H,12-13,15H2,1H3,(H,28,33). The summed E-state index contributed by atoms with van der Waals surface area (Å²) >= 11 is 0. The predicted octanol–water partition coefficient (Wildman–Crippen LogP) is 3.50. The van der Waals surface area contributed by atoms with E-state index in [0.717, 1.165) is 28.3 Å². The Morgan fingerprint density at radius 1 is 0.971 bits per heavy atom. The number of hydrogen-bond acceptors (Lipinski definition) is 7. The highest BCUT2D eigenvalue weighted by molar-refractivity contribution is 5.89. The van der Waals surface area contributed by atoms with Crippen LogP contribution < -0.4 is 5.32 Å². The third-order valence-electron chi connectivity index (χ3n) is 6.19. The van der Waals surface area contributed by atoms with Crippen molar-refractivity contribution in [2.45, 2.75) is 24.5 Å². The van der Waals surface area contributed by atoms with Gasteiger partial charge in [-0.3, -0.25) is 0 Å². The number of esters is 1. The van der Waals surface area contributed by atoms with Gasteiger partial charge in [-0.05, 0) is 40.8 Å². The molecule has 0 aliphatic heterocycles. The van der Waals surface area contributed by atoms with E-state index < -0.39 is 24.3 Å². The number of phenolic OH excluding ortho intramolecular Hbond substituents is 1. The smallest absolute Gasteiger partial charge is 0.407 e. The minimum atomic E-state index is -1.41. The number of aromatic hydroxyl groups is 1. The number of amides is 1. The fourth-order valence-electron chi connectivity index (χ4n) is 4.38. The summed E-state index contributed by atoms with van der Waals surface area (Å²) in [4.78, 5) is 23.8. The Bertz CT molecular complexity index is 1180. The molecule has 8 heteroatoms. The number of phenols is 1. The van der Waals surface area contributed by atoms with Crippen LogP contribution in [0.5, 0.6) is 5.75 Å². The number of rotatable bonds is 8. The molecule has 4 N–H and O–H groups in total. The van der Waals surface area contributed by atoms with Crippen LogP contribution >= 0.6 is 0 Å². The first-order valence-electron chi connectivity index (χ1n) is 11.3. The lowest BCUT2D eigenvalue weighted by atomic mass is 9.98. The van der Waals surface area contributed by atoms with Crippen LogP contribution in [0.25, 0.3) is 11.1 Å².